The fourth-order valence-electron chi connectivity index (χ4n) is 2.65. The fourth-order valence-corrected chi connectivity index (χ4v) is 2.65. The van der Waals surface area contributed by atoms with Gasteiger partial charge in [-0.05, 0) is 35.8 Å². The smallest absolute Gasteiger partial charge is 0.230 e. The van der Waals surface area contributed by atoms with Crippen molar-refractivity contribution in [3.05, 3.63) is 35.4 Å². The van der Waals surface area contributed by atoms with E-state index in [0.717, 1.165) is 29.5 Å². The van der Waals surface area contributed by atoms with Crippen LogP contribution in [0.4, 0.5) is 5.69 Å². The molecule has 1 aromatic carbocycles. The Morgan fingerprint density at radius 1 is 1.45 bits per heavy atom. The molecule has 1 fully saturated rings. The van der Waals surface area contributed by atoms with Crippen molar-refractivity contribution in [2.45, 2.75) is 12.3 Å². The molecule has 1 atom stereocenters. The van der Waals surface area contributed by atoms with Gasteiger partial charge >= 0.3 is 0 Å². The monoisotopic (exact) mass is 269 g/mol. The van der Waals surface area contributed by atoms with Gasteiger partial charge in [0, 0.05) is 12.8 Å². The molecule has 102 valence electrons. The molecule has 1 aromatic rings. The van der Waals surface area contributed by atoms with Crippen LogP contribution in [-0.2, 0) is 9.59 Å². The minimum absolute atomic E-state index is 0.0406. The van der Waals surface area contributed by atoms with E-state index < -0.39 is 0 Å². The van der Waals surface area contributed by atoms with E-state index in [1.54, 1.807) is 11.1 Å². The molecule has 1 saturated heterocycles. The third kappa shape index (κ3) is 2.22. The minimum Gasteiger partial charge on any atom is -0.335 e. The molecule has 0 spiro atoms. The number of nitrogens with one attached hydrogen (secondary N) is 1. The Morgan fingerprint density at radius 3 is 3.20 bits per heavy atom. The Morgan fingerprint density at radius 2 is 2.35 bits per heavy atom. The van der Waals surface area contributed by atoms with Crippen LogP contribution in [0.1, 0.15) is 23.5 Å². The van der Waals surface area contributed by atoms with Crippen molar-refractivity contribution >= 4 is 30.2 Å². The molecule has 0 saturated carbocycles. The van der Waals surface area contributed by atoms with Crippen LogP contribution in [0.3, 0.4) is 0 Å². The summed E-state index contributed by atoms with van der Waals surface area (Å²) in [7, 11) is 0. The van der Waals surface area contributed by atoms with Crippen LogP contribution in [0.5, 0.6) is 0 Å². The number of rotatable bonds is 3. The normalized spacial score (nSPS) is 20.5. The number of allylic oxidation sites excluding steroid dienone is 1. The number of hydrazone groups is 1. The summed E-state index contributed by atoms with van der Waals surface area (Å²) >= 11 is 0. The van der Waals surface area contributed by atoms with Gasteiger partial charge in [-0.2, -0.15) is 5.10 Å². The lowest BCUT2D eigenvalue weighted by Crippen LogP contribution is -2.28. The number of anilines is 1. The highest BCUT2D eigenvalue weighted by Gasteiger charge is 2.32. The van der Waals surface area contributed by atoms with E-state index in [1.165, 1.54) is 0 Å². The molecule has 0 bridgehead atoms. The molecule has 0 aromatic heterocycles. The maximum atomic E-state index is 12.2. The highest BCUT2D eigenvalue weighted by Crippen LogP contribution is 2.31. The summed E-state index contributed by atoms with van der Waals surface area (Å²) in [6.07, 6.45) is 7.05. The first-order chi connectivity index (χ1) is 9.79. The zero-order chi connectivity index (χ0) is 13.9. The Hall–Kier alpha value is -2.43. The fraction of sp³-hybridized carbons (Fsp3) is 0.267. The van der Waals surface area contributed by atoms with Crippen LogP contribution in [0, 0.1) is 0 Å². The SMILES string of the molecule is O=CCN1CCC(c2ccc3c(c2)C=CC=NN3)C1=O. The zero-order valence-electron chi connectivity index (χ0n) is 11.0. The van der Waals surface area contributed by atoms with Crippen molar-refractivity contribution in [2.75, 3.05) is 18.5 Å². The molecule has 5 nitrogen and oxygen atoms in total. The molecule has 3 rings (SSSR count). The molecule has 1 unspecified atom stereocenters. The maximum absolute atomic E-state index is 12.2. The topological polar surface area (TPSA) is 61.8 Å². The number of hydrogen-bond donors (Lipinski definition) is 1. The van der Waals surface area contributed by atoms with Crippen molar-refractivity contribution in [2.24, 2.45) is 5.10 Å². The average molecular weight is 269 g/mol. The molecule has 0 aliphatic carbocycles. The van der Waals surface area contributed by atoms with Crippen molar-refractivity contribution in [1.29, 1.82) is 0 Å². The van der Waals surface area contributed by atoms with Crippen molar-refractivity contribution < 1.29 is 9.59 Å². The van der Waals surface area contributed by atoms with Crippen LogP contribution in [0.25, 0.3) is 6.08 Å². The number of aldehydes is 1. The summed E-state index contributed by atoms with van der Waals surface area (Å²) in [4.78, 5) is 24.4. The highest BCUT2D eigenvalue weighted by atomic mass is 16.2. The first-order valence-corrected chi connectivity index (χ1v) is 6.61. The van der Waals surface area contributed by atoms with Gasteiger partial charge in [0.15, 0.2) is 0 Å². The lowest BCUT2D eigenvalue weighted by molar-refractivity contribution is -0.130. The molecule has 2 aliphatic heterocycles. The van der Waals surface area contributed by atoms with Crippen LogP contribution in [0.2, 0.25) is 0 Å². The van der Waals surface area contributed by atoms with Crippen LogP contribution >= 0.6 is 0 Å². The Kier molecular flexibility index (Phi) is 3.33. The molecule has 2 aliphatic rings. The Balaban J connectivity index is 1.87. The number of likely N-dealkylation sites (tertiary alicyclic amines) is 1. The predicted molar refractivity (Wildman–Crippen MR) is 77.6 cm³/mol. The first-order valence-electron chi connectivity index (χ1n) is 6.61. The van der Waals surface area contributed by atoms with E-state index in [-0.39, 0.29) is 18.4 Å². The van der Waals surface area contributed by atoms with Crippen LogP contribution in [-0.4, -0.2) is 36.4 Å². The van der Waals surface area contributed by atoms with Gasteiger partial charge in [-0.3, -0.25) is 10.2 Å². The Labute approximate surface area is 117 Å². The van der Waals surface area contributed by atoms with Crippen molar-refractivity contribution in [3.63, 3.8) is 0 Å². The number of nitrogens with zero attached hydrogens (tertiary/aromatic N) is 2. The van der Waals surface area contributed by atoms with E-state index in [4.69, 9.17) is 0 Å². The average Bonchev–Trinajstić information content (AvgIpc) is 2.69. The molecule has 0 radical (unpaired) electrons. The second-order valence-corrected chi connectivity index (χ2v) is 4.89. The summed E-state index contributed by atoms with van der Waals surface area (Å²) in [5, 5.41) is 4.01. The van der Waals surface area contributed by atoms with Crippen LogP contribution in [0.15, 0.2) is 29.4 Å². The number of amides is 1. The van der Waals surface area contributed by atoms with Gasteiger partial charge in [0.1, 0.15) is 6.29 Å². The van der Waals surface area contributed by atoms with Gasteiger partial charge in [0.2, 0.25) is 5.91 Å². The number of fused-ring (bicyclic) bond motifs is 1. The summed E-state index contributed by atoms with van der Waals surface area (Å²) in [5.74, 6) is -0.100. The maximum Gasteiger partial charge on any atom is 0.230 e. The standard InChI is InChI=1S/C15H15N3O2/c19-9-8-18-7-5-13(15(18)20)11-3-4-14-12(10-11)2-1-6-16-17-14/h1-4,6,9-10,13,17H,5,7-8H2. The van der Waals surface area contributed by atoms with E-state index in [9.17, 15) is 9.59 Å². The highest BCUT2D eigenvalue weighted by molar-refractivity contribution is 5.88. The second-order valence-electron chi connectivity index (χ2n) is 4.89. The number of hydrogen-bond acceptors (Lipinski definition) is 4. The molecule has 1 N–H and O–H groups in total. The largest absolute Gasteiger partial charge is 0.335 e. The summed E-state index contributed by atoms with van der Waals surface area (Å²) in [6, 6.07) is 5.90. The summed E-state index contributed by atoms with van der Waals surface area (Å²) in [6.45, 7) is 0.839. The number of carbonyl (C=O) groups is 2. The summed E-state index contributed by atoms with van der Waals surface area (Å²) < 4.78 is 0. The van der Waals surface area contributed by atoms with E-state index in [2.05, 4.69) is 10.5 Å². The first kappa shape index (κ1) is 12.6. The molecule has 1 amide bonds. The van der Waals surface area contributed by atoms with Crippen LogP contribution < -0.4 is 5.43 Å². The van der Waals surface area contributed by atoms with Gasteiger partial charge in [-0.15, -0.1) is 0 Å². The minimum atomic E-state index is -0.141. The quantitative estimate of drug-likeness (QED) is 0.848. The third-order valence-electron chi connectivity index (χ3n) is 3.69. The predicted octanol–water partition coefficient (Wildman–Crippen LogP) is 1.63. The van der Waals surface area contributed by atoms with Crippen molar-refractivity contribution in [3.8, 4) is 0 Å². The van der Waals surface area contributed by atoms with E-state index in [1.807, 2.05) is 30.4 Å². The van der Waals surface area contributed by atoms with E-state index >= 15 is 0 Å². The summed E-state index contributed by atoms with van der Waals surface area (Å²) in [5.41, 5.74) is 5.88. The van der Waals surface area contributed by atoms with Gasteiger partial charge in [-0.1, -0.05) is 12.1 Å². The second kappa shape index (κ2) is 5.28. The van der Waals surface area contributed by atoms with Gasteiger partial charge in [-0.25, -0.2) is 0 Å². The number of benzene rings is 1. The third-order valence-corrected chi connectivity index (χ3v) is 3.69. The molecular weight excluding hydrogens is 254 g/mol. The molecular formula is C15H15N3O2. The molecule has 20 heavy (non-hydrogen) atoms. The number of carbonyl (C=O) groups excluding carboxylic acids is 2. The van der Waals surface area contributed by atoms with Gasteiger partial charge in [0.25, 0.3) is 0 Å². The van der Waals surface area contributed by atoms with Crippen molar-refractivity contribution in [1.82, 2.24) is 4.90 Å². The lowest BCUT2D eigenvalue weighted by Gasteiger charge is -2.14. The van der Waals surface area contributed by atoms with E-state index in [0.29, 0.717) is 6.54 Å². The van der Waals surface area contributed by atoms with Gasteiger partial charge < -0.3 is 9.69 Å². The molecule has 2 heterocycles. The van der Waals surface area contributed by atoms with Gasteiger partial charge in [0.05, 0.1) is 18.2 Å². The zero-order valence-corrected chi connectivity index (χ0v) is 11.0. The molecule has 5 heteroatoms. The lowest BCUT2D eigenvalue weighted by atomic mass is 9.95. The Bertz CT molecular complexity index is 607.